The predicted molar refractivity (Wildman–Crippen MR) is 62.6 cm³/mol. The highest BCUT2D eigenvalue weighted by molar-refractivity contribution is 5.80. The summed E-state index contributed by atoms with van der Waals surface area (Å²) in [6.45, 7) is 12.3. The van der Waals surface area contributed by atoms with E-state index in [1.807, 2.05) is 4.90 Å². The van der Waals surface area contributed by atoms with Crippen LogP contribution in [0.25, 0.3) is 0 Å². The Morgan fingerprint density at radius 3 is 2.67 bits per heavy atom. The average molecular weight is 210 g/mol. The molecule has 15 heavy (non-hydrogen) atoms. The van der Waals surface area contributed by atoms with Crippen LogP contribution in [0.15, 0.2) is 12.7 Å². The summed E-state index contributed by atoms with van der Waals surface area (Å²) in [4.78, 5) is 14.1. The lowest BCUT2D eigenvalue weighted by molar-refractivity contribution is -0.139. The van der Waals surface area contributed by atoms with Crippen molar-refractivity contribution in [2.75, 3.05) is 19.6 Å². The minimum atomic E-state index is -0.117. The van der Waals surface area contributed by atoms with Crippen LogP contribution in [0.5, 0.6) is 0 Å². The van der Waals surface area contributed by atoms with Gasteiger partial charge < -0.3 is 10.2 Å². The predicted octanol–water partition coefficient (Wildman–Crippen LogP) is 1.41. The van der Waals surface area contributed by atoms with Gasteiger partial charge in [0.15, 0.2) is 0 Å². The van der Waals surface area contributed by atoms with E-state index in [9.17, 15) is 4.79 Å². The summed E-state index contributed by atoms with van der Waals surface area (Å²) >= 11 is 0. The summed E-state index contributed by atoms with van der Waals surface area (Å²) in [6.07, 6.45) is 2.76. The van der Waals surface area contributed by atoms with E-state index in [4.69, 9.17) is 0 Å². The number of nitrogens with one attached hydrogen (secondary N) is 1. The van der Waals surface area contributed by atoms with Crippen LogP contribution < -0.4 is 5.32 Å². The molecule has 1 N–H and O–H groups in total. The monoisotopic (exact) mass is 210 g/mol. The molecule has 1 aliphatic heterocycles. The molecular weight excluding hydrogens is 188 g/mol. The fraction of sp³-hybridized carbons (Fsp3) is 0.750. The zero-order chi connectivity index (χ0) is 11.5. The number of nitrogens with zero attached hydrogens (tertiary/aromatic N) is 1. The van der Waals surface area contributed by atoms with Gasteiger partial charge in [0.05, 0.1) is 5.92 Å². The van der Waals surface area contributed by atoms with Gasteiger partial charge in [-0.2, -0.15) is 0 Å². The van der Waals surface area contributed by atoms with Gasteiger partial charge in [-0.25, -0.2) is 0 Å². The number of hydrogen-bond donors (Lipinski definition) is 1. The molecule has 0 aromatic rings. The van der Waals surface area contributed by atoms with Gasteiger partial charge in [0.1, 0.15) is 0 Å². The van der Waals surface area contributed by atoms with Crippen molar-refractivity contribution in [1.82, 2.24) is 10.2 Å². The standard InChI is InChI=1S/C12H22N2O/c1-5-8-14(12(2,3)4)11(15)10-6-7-13-9-10/h5,10,13H,1,6-9H2,2-4H3. The second kappa shape index (κ2) is 4.79. The SMILES string of the molecule is C=CCN(C(=O)C1CCNC1)C(C)(C)C. The Morgan fingerprint density at radius 2 is 2.27 bits per heavy atom. The van der Waals surface area contributed by atoms with Crippen molar-refractivity contribution < 1.29 is 4.79 Å². The smallest absolute Gasteiger partial charge is 0.227 e. The van der Waals surface area contributed by atoms with Crippen LogP contribution in [0.3, 0.4) is 0 Å². The first-order chi connectivity index (χ1) is 6.96. The number of carbonyl (C=O) groups is 1. The van der Waals surface area contributed by atoms with E-state index in [1.165, 1.54) is 0 Å². The van der Waals surface area contributed by atoms with E-state index in [0.717, 1.165) is 19.5 Å². The Morgan fingerprint density at radius 1 is 1.60 bits per heavy atom. The number of hydrogen-bond acceptors (Lipinski definition) is 2. The quantitative estimate of drug-likeness (QED) is 0.714. The molecule has 0 bridgehead atoms. The molecule has 1 heterocycles. The third-order valence-corrected chi connectivity index (χ3v) is 2.80. The Labute approximate surface area is 92.5 Å². The summed E-state index contributed by atoms with van der Waals surface area (Å²) in [5.41, 5.74) is -0.117. The second-order valence-electron chi connectivity index (χ2n) is 5.10. The molecule has 86 valence electrons. The van der Waals surface area contributed by atoms with E-state index in [0.29, 0.717) is 6.54 Å². The summed E-state index contributed by atoms with van der Waals surface area (Å²) in [7, 11) is 0. The van der Waals surface area contributed by atoms with Crippen molar-refractivity contribution in [2.24, 2.45) is 5.92 Å². The number of rotatable bonds is 3. The van der Waals surface area contributed by atoms with Crippen LogP contribution >= 0.6 is 0 Å². The molecule has 0 spiro atoms. The molecule has 0 saturated carbocycles. The van der Waals surface area contributed by atoms with E-state index in [2.05, 4.69) is 32.7 Å². The van der Waals surface area contributed by atoms with E-state index >= 15 is 0 Å². The van der Waals surface area contributed by atoms with Crippen LogP contribution in [-0.2, 0) is 4.79 Å². The molecule has 1 amide bonds. The first-order valence-electron chi connectivity index (χ1n) is 5.60. The first kappa shape index (κ1) is 12.2. The molecule has 0 aromatic carbocycles. The highest BCUT2D eigenvalue weighted by Crippen LogP contribution is 2.19. The Balaban J connectivity index is 2.70. The molecular formula is C12H22N2O. The van der Waals surface area contributed by atoms with Crippen LogP contribution in [0.1, 0.15) is 27.2 Å². The molecule has 0 aliphatic carbocycles. The van der Waals surface area contributed by atoms with Crippen LogP contribution in [-0.4, -0.2) is 36.0 Å². The van der Waals surface area contributed by atoms with Crippen LogP contribution in [0.2, 0.25) is 0 Å². The molecule has 3 heteroatoms. The lowest BCUT2D eigenvalue weighted by Gasteiger charge is -2.36. The lowest BCUT2D eigenvalue weighted by Crippen LogP contribution is -2.48. The van der Waals surface area contributed by atoms with Crippen molar-refractivity contribution in [3.8, 4) is 0 Å². The van der Waals surface area contributed by atoms with E-state index in [-0.39, 0.29) is 17.4 Å². The van der Waals surface area contributed by atoms with E-state index < -0.39 is 0 Å². The molecule has 1 aliphatic rings. The molecule has 0 aromatic heterocycles. The maximum absolute atomic E-state index is 12.2. The summed E-state index contributed by atoms with van der Waals surface area (Å²) in [5, 5.41) is 3.23. The minimum Gasteiger partial charge on any atom is -0.334 e. The fourth-order valence-corrected chi connectivity index (χ4v) is 1.91. The molecule has 1 atom stereocenters. The minimum absolute atomic E-state index is 0.117. The third kappa shape index (κ3) is 3.06. The summed E-state index contributed by atoms with van der Waals surface area (Å²) in [5.74, 6) is 0.413. The van der Waals surface area contributed by atoms with Gasteiger partial charge in [0.2, 0.25) is 5.91 Å². The van der Waals surface area contributed by atoms with Crippen molar-refractivity contribution >= 4 is 5.91 Å². The zero-order valence-electron chi connectivity index (χ0n) is 10.0. The Kier molecular flexibility index (Phi) is 3.91. The topological polar surface area (TPSA) is 32.3 Å². The van der Waals surface area contributed by atoms with Crippen LogP contribution in [0.4, 0.5) is 0 Å². The molecule has 1 saturated heterocycles. The highest BCUT2D eigenvalue weighted by Gasteiger charge is 2.32. The normalized spacial score (nSPS) is 21.4. The van der Waals surface area contributed by atoms with Gasteiger partial charge >= 0.3 is 0 Å². The fourth-order valence-electron chi connectivity index (χ4n) is 1.91. The maximum atomic E-state index is 12.2. The maximum Gasteiger partial charge on any atom is 0.227 e. The van der Waals surface area contributed by atoms with Gasteiger partial charge in [0.25, 0.3) is 0 Å². The Hall–Kier alpha value is -0.830. The van der Waals surface area contributed by atoms with Crippen molar-refractivity contribution in [3.63, 3.8) is 0 Å². The second-order valence-corrected chi connectivity index (χ2v) is 5.10. The van der Waals surface area contributed by atoms with Gasteiger partial charge in [0, 0.05) is 18.6 Å². The van der Waals surface area contributed by atoms with Crippen molar-refractivity contribution in [3.05, 3.63) is 12.7 Å². The van der Waals surface area contributed by atoms with Crippen LogP contribution in [0, 0.1) is 5.92 Å². The van der Waals surface area contributed by atoms with Gasteiger partial charge in [-0.1, -0.05) is 6.08 Å². The molecule has 0 radical (unpaired) electrons. The van der Waals surface area contributed by atoms with E-state index in [1.54, 1.807) is 6.08 Å². The first-order valence-corrected chi connectivity index (χ1v) is 5.60. The summed E-state index contributed by atoms with van der Waals surface area (Å²) in [6, 6.07) is 0. The van der Waals surface area contributed by atoms with Gasteiger partial charge in [-0.15, -0.1) is 6.58 Å². The third-order valence-electron chi connectivity index (χ3n) is 2.80. The van der Waals surface area contributed by atoms with Gasteiger partial charge in [-0.3, -0.25) is 4.79 Å². The van der Waals surface area contributed by atoms with Crippen molar-refractivity contribution in [1.29, 1.82) is 0 Å². The Bertz CT molecular complexity index is 236. The van der Waals surface area contributed by atoms with Gasteiger partial charge in [-0.05, 0) is 33.7 Å². The number of amides is 1. The highest BCUT2D eigenvalue weighted by atomic mass is 16.2. The lowest BCUT2D eigenvalue weighted by atomic mass is 10.0. The molecule has 1 unspecified atom stereocenters. The molecule has 1 fully saturated rings. The summed E-state index contributed by atoms with van der Waals surface area (Å²) < 4.78 is 0. The zero-order valence-corrected chi connectivity index (χ0v) is 10.0. The number of carbonyl (C=O) groups excluding carboxylic acids is 1. The molecule has 3 nitrogen and oxygen atoms in total. The average Bonchev–Trinajstić information content (AvgIpc) is 2.63. The van der Waals surface area contributed by atoms with Crippen molar-refractivity contribution in [2.45, 2.75) is 32.7 Å². The molecule has 1 rings (SSSR count). The largest absolute Gasteiger partial charge is 0.334 e.